The molecule has 0 bridgehead atoms. The Hall–Kier alpha value is -1.39. The number of rotatable bonds is 3. The normalized spacial score (nSPS) is 28.0. The highest BCUT2D eigenvalue weighted by Gasteiger charge is 2.49. The van der Waals surface area contributed by atoms with Gasteiger partial charge in [0.2, 0.25) is 0 Å². The van der Waals surface area contributed by atoms with Crippen molar-refractivity contribution in [1.29, 1.82) is 0 Å². The number of amides is 1. The molecule has 0 spiro atoms. The molecule has 0 saturated carbocycles. The van der Waals surface area contributed by atoms with Gasteiger partial charge in [0, 0.05) is 30.7 Å². The SMILES string of the molecule is CC(C)c1cccc(C(=O)N2C[C@@H]3CCOC[C@]3(CO)C2)c1. The zero-order valence-corrected chi connectivity index (χ0v) is 13.4. The molecule has 2 saturated heterocycles. The molecule has 2 aliphatic rings. The first-order valence-electron chi connectivity index (χ1n) is 8.13. The van der Waals surface area contributed by atoms with Crippen molar-refractivity contribution in [3.63, 3.8) is 0 Å². The van der Waals surface area contributed by atoms with Gasteiger partial charge in [0.1, 0.15) is 0 Å². The lowest BCUT2D eigenvalue weighted by molar-refractivity contribution is -0.0556. The number of hydrogen-bond acceptors (Lipinski definition) is 3. The van der Waals surface area contributed by atoms with Gasteiger partial charge >= 0.3 is 0 Å². The van der Waals surface area contributed by atoms with Crippen LogP contribution in [0.25, 0.3) is 0 Å². The summed E-state index contributed by atoms with van der Waals surface area (Å²) in [5, 5.41) is 9.82. The van der Waals surface area contributed by atoms with Gasteiger partial charge in [0.05, 0.1) is 13.2 Å². The summed E-state index contributed by atoms with van der Waals surface area (Å²) in [4.78, 5) is 14.7. The molecule has 2 atom stereocenters. The van der Waals surface area contributed by atoms with E-state index in [1.54, 1.807) is 0 Å². The van der Waals surface area contributed by atoms with Crippen molar-refractivity contribution in [2.45, 2.75) is 26.2 Å². The van der Waals surface area contributed by atoms with E-state index in [0.717, 1.165) is 25.1 Å². The number of likely N-dealkylation sites (tertiary alicyclic amines) is 1. The quantitative estimate of drug-likeness (QED) is 0.932. The van der Waals surface area contributed by atoms with Crippen molar-refractivity contribution in [3.05, 3.63) is 35.4 Å². The zero-order chi connectivity index (χ0) is 15.7. The fourth-order valence-electron chi connectivity index (χ4n) is 3.69. The van der Waals surface area contributed by atoms with Crippen molar-refractivity contribution in [1.82, 2.24) is 4.90 Å². The molecule has 1 aromatic rings. The second-order valence-electron chi connectivity index (χ2n) is 7.02. The fraction of sp³-hybridized carbons (Fsp3) is 0.611. The Bertz CT molecular complexity index is 557. The predicted molar refractivity (Wildman–Crippen MR) is 84.9 cm³/mol. The lowest BCUT2D eigenvalue weighted by Gasteiger charge is -2.36. The first-order chi connectivity index (χ1) is 10.6. The Morgan fingerprint density at radius 1 is 1.50 bits per heavy atom. The van der Waals surface area contributed by atoms with Crippen LogP contribution in [0.2, 0.25) is 0 Å². The summed E-state index contributed by atoms with van der Waals surface area (Å²) in [5.74, 6) is 0.833. The summed E-state index contributed by atoms with van der Waals surface area (Å²) in [5.41, 5.74) is 1.67. The average Bonchev–Trinajstić information content (AvgIpc) is 2.94. The van der Waals surface area contributed by atoms with Crippen molar-refractivity contribution >= 4 is 5.91 Å². The number of aliphatic hydroxyl groups excluding tert-OH is 1. The zero-order valence-electron chi connectivity index (χ0n) is 13.4. The lowest BCUT2D eigenvalue weighted by atomic mass is 9.76. The van der Waals surface area contributed by atoms with Gasteiger partial charge in [-0.05, 0) is 36.0 Å². The topological polar surface area (TPSA) is 49.8 Å². The molecule has 0 unspecified atom stereocenters. The van der Waals surface area contributed by atoms with Gasteiger partial charge in [-0.2, -0.15) is 0 Å². The van der Waals surface area contributed by atoms with Crippen LogP contribution in [0.1, 0.15) is 42.1 Å². The summed E-state index contributed by atoms with van der Waals surface area (Å²) < 4.78 is 5.56. The molecule has 0 radical (unpaired) electrons. The van der Waals surface area contributed by atoms with E-state index < -0.39 is 0 Å². The fourth-order valence-corrected chi connectivity index (χ4v) is 3.69. The molecular formula is C18H25NO3. The number of ether oxygens (including phenoxy) is 1. The van der Waals surface area contributed by atoms with E-state index in [1.807, 2.05) is 23.1 Å². The second kappa shape index (κ2) is 6.01. The van der Waals surface area contributed by atoms with Crippen molar-refractivity contribution in [2.75, 3.05) is 32.9 Å². The van der Waals surface area contributed by atoms with Gasteiger partial charge in [0.15, 0.2) is 0 Å². The first kappa shape index (κ1) is 15.5. The smallest absolute Gasteiger partial charge is 0.253 e. The number of nitrogens with zero attached hydrogens (tertiary/aromatic N) is 1. The molecule has 1 N–H and O–H groups in total. The minimum absolute atomic E-state index is 0.0738. The van der Waals surface area contributed by atoms with Crippen molar-refractivity contribution in [2.24, 2.45) is 11.3 Å². The van der Waals surface area contributed by atoms with Crippen LogP contribution in [-0.4, -0.2) is 48.8 Å². The second-order valence-corrected chi connectivity index (χ2v) is 7.02. The van der Waals surface area contributed by atoms with E-state index in [0.29, 0.717) is 25.0 Å². The molecule has 22 heavy (non-hydrogen) atoms. The van der Waals surface area contributed by atoms with Crippen molar-refractivity contribution < 1.29 is 14.6 Å². The maximum Gasteiger partial charge on any atom is 0.253 e. The van der Waals surface area contributed by atoms with Gasteiger partial charge in [0.25, 0.3) is 5.91 Å². The summed E-state index contributed by atoms with van der Waals surface area (Å²) >= 11 is 0. The van der Waals surface area contributed by atoms with Gasteiger partial charge in [-0.1, -0.05) is 26.0 Å². The lowest BCUT2D eigenvalue weighted by Crippen LogP contribution is -2.43. The Balaban J connectivity index is 1.80. The Morgan fingerprint density at radius 2 is 2.32 bits per heavy atom. The number of carbonyl (C=O) groups excluding carboxylic acids is 1. The summed E-state index contributed by atoms with van der Waals surface area (Å²) in [7, 11) is 0. The van der Waals surface area contributed by atoms with Gasteiger partial charge in [-0.15, -0.1) is 0 Å². The van der Waals surface area contributed by atoms with Gasteiger partial charge < -0.3 is 14.7 Å². The minimum atomic E-state index is -0.260. The standard InChI is InChI=1S/C18H25NO3/c1-13(2)14-4-3-5-15(8-14)17(21)19-9-16-6-7-22-12-18(16,10-19)11-20/h3-5,8,13,16,20H,6-7,9-12H2,1-2H3/t16-,18+/m0/s1. The molecule has 4 heteroatoms. The maximum atomic E-state index is 12.8. The molecule has 0 aromatic heterocycles. The molecule has 3 rings (SSSR count). The number of benzene rings is 1. The van der Waals surface area contributed by atoms with Gasteiger partial charge in [-0.25, -0.2) is 0 Å². The average molecular weight is 303 g/mol. The van der Waals surface area contributed by atoms with Crippen LogP contribution in [0.5, 0.6) is 0 Å². The third-order valence-electron chi connectivity index (χ3n) is 5.22. The van der Waals surface area contributed by atoms with Gasteiger partial charge in [-0.3, -0.25) is 4.79 Å². The van der Waals surface area contributed by atoms with E-state index in [1.165, 1.54) is 5.56 Å². The first-order valence-corrected chi connectivity index (χ1v) is 8.13. The van der Waals surface area contributed by atoms with Crippen molar-refractivity contribution in [3.8, 4) is 0 Å². The number of fused-ring (bicyclic) bond motifs is 1. The van der Waals surface area contributed by atoms with Crippen LogP contribution < -0.4 is 0 Å². The Kier molecular flexibility index (Phi) is 4.24. The summed E-state index contributed by atoms with van der Waals surface area (Å²) in [6.07, 6.45) is 0.927. The summed E-state index contributed by atoms with van der Waals surface area (Å²) in [6.45, 7) is 6.97. The molecule has 2 aliphatic heterocycles. The third-order valence-corrected chi connectivity index (χ3v) is 5.22. The number of aliphatic hydroxyl groups is 1. The van der Waals surface area contributed by atoms with E-state index in [2.05, 4.69) is 19.9 Å². The van der Waals surface area contributed by atoms with Crippen LogP contribution in [-0.2, 0) is 4.74 Å². The Morgan fingerprint density at radius 3 is 3.00 bits per heavy atom. The van der Waals surface area contributed by atoms with E-state index in [4.69, 9.17) is 4.74 Å². The van der Waals surface area contributed by atoms with Crippen LogP contribution in [0.3, 0.4) is 0 Å². The molecule has 2 heterocycles. The molecule has 2 fully saturated rings. The highest BCUT2D eigenvalue weighted by Crippen LogP contribution is 2.41. The van der Waals surface area contributed by atoms with Crippen LogP contribution in [0.4, 0.5) is 0 Å². The van der Waals surface area contributed by atoms with E-state index in [-0.39, 0.29) is 17.9 Å². The summed E-state index contributed by atoms with van der Waals surface area (Å²) in [6, 6.07) is 7.90. The Labute approximate surface area is 132 Å². The highest BCUT2D eigenvalue weighted by atomic mass is 16.5. The maximum absolute atomic E-state index is 12.8. The largest absolute Gasteiger partial charge is 0.396 e. The van der Waals surface area contributed by atoms with Crippen LogP contribution in [0, 0.1) is 11.3 Å². The molecule has 1 aromatic carbocycles. The minimum Gasteiger partial charge on any atom is -0.396 e. The number of hydrogen-bond donors (Lipinski definition) is 1. The van der Waals surface area contributed by atoms with Crippen LogP contribution >= 0.6 is 0 Å². The molecule has 0 aliphatic carbocycles. The van der Waals surface area contributed by atoms with Crippen LogP contribution in [0.15, 0.2) is 24.3 Å². The third kappa shape index (κ3) is 2.66. The predicted octanol–water partition coefficient (Wildman–Crippen LogP) is 2.28. The highest BCUT2D eigenvalue weighted by molar-refractivity contribution is 5.94. The number of carbonyl (C=O) groups is 1. The molecule has 120 valence electrons. The monoisotopic (exact) mass is 303 g/mol. The molecule has 4 nitrogen and oxygen atoms in total. The molecular weight excluding hydrogens is 278 g/mol. The van der Waals surface area contributed by atoms with E-state index in [9.17, 15) is 9.90 Å². The molecule has 1 amide bonds. The van der Waals surface area contributed by atoms with E-state index >= 15 is 0 Å².